The summed E-state index contributed by atoms with van der Waals surface area (Å²) in [6, 6.07) is 1.86. The van der Waals surface area contributed by atoms with E-state index in [1.54, 1.807) is 0 Å². The van der Waals surface area contributed by atoms with Crippen molar-refractivity contribution in [3.8, 4) is 11.5 Å². The zero-order chi connectivity index (χ0) is 19.4. The first kappa shape index (κ1) is 20.7. The number of hydrogen-bond donors (Lipinski definition) is 4. The highest BCUT2D eigenvalue weighted by atomic mass is 31.2. The molecule has 0 radical (unpaired) electrons. The Bertz CT molecular complexity index is 726. The Morgan fingerprint density at radius 2 is 1.76 bits per heavy atom. The Balaban J connectivity index is 2.85. The molecule has 0 aliphatic carbocycles. The first-order valence-electron chi connectivity index (χ1n) is 7.21. The molecule has 1 atom stereocenters. The minimum Gasteiger partial charge on any atom is -0.504 e. The number of rotatable bonds is 8. The van der Waals surface area contributed by atoms with E-state index in [-0.39, 0.29) is 23.2 Å². The molecule has 0 saturated heterocycles. The number of carbonyl (C=O) groups excluding carboxylic acids is 2. The molecular weight excluding hydrogens is 353 g/mol. The molecule has 1 rings (SSSR count). The van der Waals surface area contributed by atoms with Gasteiger partial charge in [-0.1, -0.05) is 6.07 Å². The number of carboxylic acid groups (broad SMARTS) is 1. The molecule has 25 heavy (non-hydrogen) atoms. The topological polar surface area (TPSA) is 152 Å². The Morgan fingerprint density at radius 3 is 2.24 bits per heavy atom. The van der Waals surface area contributed by atoms with Crippen LogP contribution in [0.1, 0.15) is 12.0 Å². The lowest BCUT2D eigenvalue weighted by molar-refractivity contribution is -0.186. The monoisotopic (exact) mass is 373 g/mol. The second kappa shape index (κ2) is 8.13. The lowest BCUT2D eigenvalue weighted by atomic mass is 10.0. The summed E-state index contributed by atoms with van der Waals surface area (Å²) in [5, 5.41) is 37.6. The first-order valence-corrected chi connectivity index (χ1v) is 9.99. The Kier molecular flexibility index (Phi) is 6.72. The van der Waals surface area contributed by atoms with E-state index in [2.05, 4.69) is 0 Å². The third kappa shape index (κ3) is 6.56. The van der Waals surface area contributed by atoms with Crippen LogP contribution in [0.3, 0.4) is 0 Å². The van der Waals surface area contributed by atoms with Crippen molar-refractivity contribution in [2.24, 2.45) is 0 Å². The molecule has 138 valence electrons. The predicted octanol–water partition coefficient (Wildman–Crippen LogP) is 0.893. The number of hydroxylamine groups is 2. The van der Waals surface area contributed by atoms with Gasteiger partial charge >= 0.3 is 5.97 Å². The fourth-order valence-electron chi connectivity index (χ4n) is 2.10. The predicted molar refractivity (Wildman–Crippen MR) is 87.5 cm³/mol. The highest BCUT2D eigenvalue weighted by molar-refractivity contribution is 7.63. The minimum atomic E-state index is -2.69. The standard InChI is InChI=1S/C15H20NO8P/c1-25(2,24)8-10(17)7-14(20)16(23)11(15(21)22)5-9-3-4-12(18)13(19)6-9/h3-4,6,11,18-19,23H,5,7-8H2,1-2H3,(H,21,22). The third-order valence-corrected chi connectivity index (χ3v) is 4.32. The zero-order valence-electron chi connectivity index (χ0n) is 13.7. The summed E-state index contributed by atoms with van der Waals surface area (Å²) in [6.45, 7) is 2.76. The van der Waals surface area contributed by atoms with Gasteiger partial charge in [-0.2, -0.15) is 0 Å². The van der Waals surface area contributed by atoms with E-state index in [1.165, 1.54) is 19.4 Å². The fourth-order valence-corrected chi connectivity index (χ4v) is 3.06. The van der Waals surface area contributed by atoms with Crippen LogP contribution < -0.4 is 0 Å². The number of benzene rings is 1. The Morgan fingerprint density at radius 1 is 1.16 bits per heavy atom. The smallest absolute Gasteiger partial charge is 0.329 e. The van der Waals surface area contributed by atoms with Crippen molar-refractivity contribution in [2.75, 3.05) is 19.5 Å². The number of phenols is 2. The average Bonchev–Trinajstić information content (AvgIpc) is 2.45. The van der Waals surface area contributed by atoms with Crippen molar-refractivity contribution in [2.45, 2.75) is 18.9 Å². The maximum absolute atomic E-state index is 11.9. The number of aromatic hydroxyl groups is 2. The number of carbonyl (C=O) groups is 3. The average molecular weight is 373 g/mol. The summed E-state index contributed by atoms with van der Waals surface area (Å²) >= 11 is 0. The summed E-state index contributed by atoms with van der Waals surface area (Å²) in [5.41, 5.74) is 0.243. The quantitative estimate of drug-likeness (QED) is 0.172. The van der Waals surface area contributed by atoms with Gasteiger partial charge in [-0.25, -0.2) is 9.86 Å². The van der Waals surface area contributed by atoms with Crippen LogP contribution in [0, 0.1) is 0 Å². The SMILES string of the molecule is CP(C)(=O)CC(=O)CC(=O)N(O)C(Cc1ccc(O)c(O)c1)C(=O)O. The van der Waals surface area contributed by atoms with Crippen LogP contribution in [0.4, 0.5) is 0 Å². The number of ketones is 1. The first-order chi connectivity index (χ1) is 11.4. The van der Waals surface area contributed by atoms with E-state index in [4.69, 9.17) is 0 Å². The van der Waals surface area contributed by atoms with E-state index in [0.29, 0.717) is 0 Å². The van der Waals surface area contributed by atoms with Gasteiger partial charge in [0.2, 0.25) is 0 Å². The lowest BCUT2D eigenvalue weighted by Gasteiger charge is -2.22. The van der Waals surface area contributed by atoms with E-state index < -0.39 is 48.8 Å². The van der Waals surface area contributed by atoms with Crippen LogP contribution in [0.2, 0.25) is 0 Å². The molecule has 0 spiro atoms. The maximum Gasteiger partial charge on any atom is 0.329 e. The molecule has 0 bridgehead atoms. The van der Waals surface area contributed by atoms with Crippen molar-refractivity contribution < 1.29 is 39.5 Å². The van der Waals surface area contributed by atoms with Crippen LogP contribution in [-0.2, 0) is 25.4 Å². The Labute approximate surface area is 143 Å². The van der Waals surface area contributed by atoms with Crippen LogP contribution in [0.5, 0.6) is 11.5 Å². The molecule has 0 aliphatic rings. The molecule has 1 amide bonds. The van der Waals surface area contributed by atoms with Crippen molar-refractivity contribution in [3.63, 3.8) is 0 Å². The van der Waals surface area contributed by atoms with Crippen LogP contribution in [0.15, 0.2) is 18.2 Å². The number of nitrogens with zero attached hydrogens (tertiary/aromatic N) is 1. The number of aliphatic carboxylic acids is 1. The third-order valence-electron chi connectivity index (χ3n) is 3.21. The summed E-state index contributed by atoms with van der Waals surface area (Å²) in [7, 11) is -2.69. The van der Waals surface area contributed by atoms with E-state index >= 15 is 0 Å². The van der Waals surface area contributed by atoms with Crippen molar-refractivity contribution in [1.29, 1.82) is 0 Å². The molecule has 0 heterocycles. The minimum absolute atomic E-state index is 0.0552. The molecule has 0 aromatic heterocycles. The second-order valence-electron chi connectivity index (χ2n) is 6.07. The maximum atomic E-state index is 11.9. The van der Waals surface area contributed by atoms with Crippen molar-refractivity contribution in [3.05, 3.63) is 23.8 Å². The molecule has 0 fully saturated rings. The molecule has 1 aromatic carbocycles. The van der Waals surface area contributed by atoms with E-state index in [1.807, 2.05) is 0 Å². The molecule has 10 heteroatoms. The van der Waals surface area contributed by atoms with Crippen LogP contribution in [-0.4, -0.2) is 68.8 Å². The number of hydrogen-bond acceptors (Lipinski definition) is 7. The van der Waals surface area contributed by atoms with E-state index in [0.717, 1.165) is 12.1 Å². The van der Waals surface area contributed by atoms with E-state index in [9.17, 15) is 39.5 Å². The number of Topliss-reactive ketones (excluding diaryl/α,β-unsaturated/α-hetero) is 1. The molecule has 0 aliphatic heterocycles. The van der Waals surface area contributed by atoms with Gasteiger partial charge in [-0.05, 0) is 31.0 Å². The van der Waals surface area contributed by atoms with Crippen molar-refractivity contribution >= 4 is 24.8 Å². The van der Waals surface area contributed by atoms with Crippen molar-refractivity contribution in [1.82, 2.24) is 5.06 Å². The van der Waals surface area contributed by atoms with Crippen LogP contribution >= 0.6 is 7.14 Å². The molecule has 1 unspecified atom stereocenters. The Hall–Kier alpha value is -2.38. The van der Waals surface area contributed by atoms with Gasteiger partial charge in [0, 0.05) is 6.42 Å². The second-order valence-corrected chi connectivity index (χ2v) is 9.53. The van der Waals surface area contributed by atoms with Gasteiger partial charge in [0.05, 0.1) is 19.7 Å². The highest BCUT2D eigenvalue weighted by Crippen LogP contribution is 2.35. The zero-order valence-corrected chi connectivity index (χ0v) is 14.6. The molecule has 9 nitrogen and oxygen atoms in total. The summed E-state index contributed by atoms with van der Waals surface area (Å²) in [4.78, 5) is 34.9. The summed E-state index contributed by atoms with van der Waals surface area (Å²) in [6.07, 6.45) is -1.46. The lowest BCUT2D eigenvalue weighted by Crippen LogP contribution is -2.45. The number of amides is 1. The number of carboxylic acids is 1. The highest BCUT2D eigenvalue weighted by Gasteiger charge is 2.30. The summed E-state index contributed by atoms with van der Waals surface area (Å²) in [5.74, 6) is -4.19. The number of phenolic OH excluding ortho intramolecular Hbond substituents is 2. The molecule has 4 N–H and O–H groups in total. The molecule has 1 aromatic rings. The van der Waals surface area contributed by atoms with Gasteiger partial charge in [-0.3, -0.25) is 14.8 Å². The van der Waals surface area contributed by atoms with Gasteiger partial charge in [0.1, 0.15) is 5.78 Å². The van der Waals surface area contributed by atoms with Gasteiger partial charge < -0.3 is 19.9 Å². The van der Waals surface area contributed by atoms with Gasteiger partial charge in [0.15, 0.2) is 17.5 Å². The van der Waals surface area contributed by atoms with Gasteiger partial charge in [0.25, 0.3) is 5.91 Å². The largest absolute Gasteiger partial charge is 0.504 e. The van der Waals surface area contributed by atoms with Crippen LogP contribution in [0.25, 0.3) is 0 Å². The molecular formula is C15H20NO8P. The molecule has 0 saturated carbocycles. The van der Waals surface area contributed by atoms with Gasteiger partial charge in [-0.15, -0.1) is 0 Å². The normalized spacial score (nSPS) is 12.4. The summed E-state index contributed by atoms with van der Waals surface area (Å²) < 4.78 is 11.6. The fraction of sp³-hybridized carbons (Fsp3) is 0.400.